The summed E-state index contributed by atoms with van der Waals surface area (Å²) in [4.78, 5) is 50.8. The van der Waals surface area contributed by atoms with E-state index < -0.39 is 29.7 Å². The van der Waals surface area contributed by atoms with Gasteiger partial charge < -0.3 is 33.7 Å². The molecule has 2 aliphatic heterocycles. The molecule has 0 radical (unpaired) electrons. The van der Waals surface area contributed by atoms with Crippen LogP contribution in [0.5, 0.6) is 0 Å². The molecule has 1 saturated heterocycles. The van der Waals surface area contributed by atoms with E-state index in [4.69, 9.17) is 28.4 Å². The molecule has 0 bridgehead atoms. The van der Waals surface area contributed by atoms with E-state index in [0.29, 0.717) is 84.9 Å². The number of ether oxygens (including phenoxy) is 6. The predicted molar refractivity (Wildman–Crippen MR) is 188 cm³/mol. The first-order valence-electron chi connectivity index (χ1n) is 18.6. The molecule has 2 N–H and O–H groups in total. The average molecular weight is 706 g/mol. The van der Waals surface area contributed by atoms with Gasteiger partial charge >= 0.3 is 0 Å². The van der Waals surface area contributed by atoms with Crippen molar-refractivity contribution in [3.05, 3.63) is 29.3 Å². The summed E-state index contributed by atoms with van der Waals surface area (Å²) in [6.45, 7) is 8.77. The zero-order chi connectivity index (χ0) is 35.7. The van der Waals surface area contributed by atoms with Gasteiger partial charge in [0.1, 0.15) is 6.04 Å². The third kappa shape index (κ3) is 15.5. The van der Waals surface area contributed by atoms with Crippen LogP contribution < -0.4 is 10.6 Å². The van der Waals surface area contributed by atoms with Gasteiger partial charge in [0.05, 0.1) is 83.8 Å². The van der Waals surface area contributed by atoms with Crippen LogP contribution in [-0.4, -0.2) is 120 Å². The maximum absolute atomic E-state index is 13.1. The number of hydrogen-bond donors (Lipinski definition) is 2. The van der Waals surface area contributed by atoms with E-state index in [2.05, 4.69) is 17.6 Å². The summed E-state index contributed by atoms with van der Waals surface area (Å²) < 4.78 is 33.4. The van der Waals surface area contributed by atoms with Crippen LogP contribution in [-0.2, 0) is 38.0 Å². The van der Waals surface area contributed by atoms with Crippen LogP contribution in [0, 0.1) is 0 Å². The van der Waals surface area contributed by atoms with Gasteiger partial charge in [-0.1, -0.05) is 70.8 Å². The van der Waals surface area contributed by atoms with Crippen molar-refractivity contribution < 1.29 is 47.6 Å². The number of anilines is 1. The monoisotopic (exact) mass is 705 g/mol. The van der Waals surface area contributed by atoms with Crippen LogP contribution in [0.15, 0.2) is 18.2 Å². The molecule has 1 unspecified atom stereocenters. The van der Waals surface area contributed by atoms with Crippen LogP contribution in [0.4, 0.5) is 5.69 Å². The van der Waals surface area contributed by atoms with Gasteiger partial charge in [0.25, 0.3) is 11.8 Å². The minimum Gasteiger partial charge on any atom is -0.382 e. The van der Waals surface area contributed by atoms with E-state index in [0.717, 1.165) is 17.9 Å². The number of piperidine rings is 1. The number of hydrogen-bond acceptors (Lipinski definition) is 11. The smallest absolute Gasteiger partial charge is 0.264 e. The molecule has 4 amide bonds. The van der Waals surface area contributed by atoms with Crippen molar-refractivity contribution >= 4 is 29.3 Å². The molecule has 1 fully saturated rings. The van der Waals surface area contributed by atoms with Crippen molar-refractivity contribution in [1.82, 2.24) is 10.2 Å². The Morgan fingerprint density at radius 1 is 0.640 bits per heavy atom. The Kier molecular flexibility index (Phi) is 21.5. The predicted octanol–water partition coefficient (Wildman–Crippen LogP) is 4.52. The lowest BCUT2D eigenvalue weighted by atomic mass is 10.0. The lowest BCUT2D eigenvalue weighted by Crippen LogP contribution is -2.54. The Morgan fingerprint density at radius 3 is 1.68 bits per heavy atom. The number of fused-ring (bicyclic) bond motifs is 1. The van der Waals surface area contributed by atoms with Gasteiger partial charge in [0.2, 0.25) is 11.8 Å². The van der Waals surface area contributed by atoms with E-state index in [9.17, 15) is 19.2 Å². The van der Waals surface area contributed by atoms with Crippen LogP contribution in [0.3, 0.4) is 0 Å². The first kappa shape index (κ1) is 41.5. The highest BCUT2D eigenvalue weighted by Crippen LogP contribution is 2.32. The molecule has 1 atom stereocenters. The molecule has 13 heteroatoms. The summed E-state index contributed by atoms with van der Waals surface area (Å²) in [6, 6.07) is 3.94. The Hall–Kier alpha value is -2.94. The molecule has 1 aromatic carbocycles. The molecule has 0 saturated carbocycles. The Labute approximate surface area is 297 Å². The fourth-order valence-corrected chi connectivity index (χ4v) is 5.81. The summed E-state index contributed by atoms with van der Waals surface area (Å²) in [7, 11) is 0. The third-order valence-electron chi connectivity index (χ3n) is 8.53. The van der Waals surface area contributed by atoms with E-state index >= 15 is 0 Å². The van der Waals surface area contributed by atoms with Crippen LogP contribution in [0.1, 0.15) is 105 Å². The van der Waals surface area contributed by atoms with Crippen LogP contribution >= 0.6 is 0 Å². The molecular weight excluding hydrogens is 646 g/mol. The SMILES string of the molecule is CCCCCCCCCCCCOCCOCCOCCOCCOCCOCCNc1cccc2c1C(=O)N(C1CCC(=O)NC1=O)C2=O. The second kappa shape index (κ2) is 25.9. The topological polar surface area (TPSA) is 151 Å². The molecule has 0 aliphatic carbocycles. The van der Waals surface area contributed by atoms with Gasteiger partial charge in [-0.3, -0.25) is 29.4 Å². The van der Waals surface area contributed by atoms with Gasteiger partial charge in [-0.2, -0.15) is 0 Å². The second-order valence-electron chi connectivity index (χ2n) is 12.5. The maximum atomic E-state index is 13.1. The Balaban J connectivity index is 1.06. The minimum atomic E-state index is -1.00. The normalized spacial score (nSPS) is 15.9. The first-order chi connectivity index (χ1) is 24.5. The number of benzene rings is 1. The maximum Gasteiger partial charge on any atom is 0.264 e. The Morgan fingerprint density at radius 2 is 1.14 bits per heavy atom. The van der Waals surface area contributed by atoms with Crippen molar-refractivity contribution in [3.8, 4) is 0 Å². The number of rotatable bonds is 31. The summed E-state index contributed by atoms with van der Waals surface area (Å²) in [6.07, 6.45) is 13.4. The van der Waals surface area contributed by atoms with E-state index in [-0.39, 0.29) is 24.0 Å². The van der Waals surface area contributed by atoms with Crippen LogP contribution in [0.25, 0.3) is 0 Å². The summed E-state index contributed by atoms with van der Waals surface area (Å²) >= 11 is 0. The third-order valence-corrected chi connectivity index (χ3v) is 8.53. The minimum absolute atomic E-state index is 0.0742. The zero-order valence-electron chi connectivity index (χ0n) is 30.0. The molecule has 2 heterocycles. The molecule has 13 nitrogen and oxygen atoms in total. The number of carbonyl (C=O) groups is 4. The number of nitrogens with zero attached hydrogens (tertiary/aromatic N) is 1. The highest BCUT2D eigenvalue weighted by atomic mass is 16.6. The van der Waals surface area contributed by atoms with Gasteiger partial charge in [0, 0.05) is 25.3 Å². The molecule has 2 aliphatic rings. The van der Waals surface area contributed by atoms with Gasteiger partial charge in [-0.05, 0) is 25.0 Å². The molecule has 3 rings (SSSR count). The number of unbranched alkanes of at least 4 members (excludes halogenated alkanes) is 9. The number of nitrogens with one attached hydrogen (secondary N) is 2. The molecule has 0 spiro atoms. The lowest BCUT2D eigenvalue weighted by molar-refractivity contribution is -0.136. The molecule has 282 valence electrons. The highest BCUT2D eigenvalue weighted by Gasteiger charge is 2.45. The van der Waals surface area contributed by atoms with Crippen LogP contribution in [0.2, 0.25) is 0 Å². The fraction of sp³-hybridized carbons (Fsp3) is 0.730. The van der Waals surface area contributed by atoms with Gasteiger partial charge in [-0.25, -0.2) is 0 Å². The summed E-state index contributed by atoms with van der Waals surface area (Å²) in [5.41, 5.74) is 0.941. The van der Waals surface area contributed by atoms with E-state index in [1.54, 1.807) is 18.2 Å². The fourth-order valence-electron chi connectivity index (χ4n) is 5.81. The molecule has 50 heavy (non-hydrogen) atoms. The first-order valence-corrected chi connectivity index (χ1v) is 18.6. The average Bonchev–Trinajstić information content (AvgIpc) is 3.36. The zero-order valence-corrected chi connectivity index (χ0v) is 30.0. The summed E-state index contributed by atoms with van der Waals surface area (Å²) in [5.74, 6) is -2.13. The molecular formula is C37H59N3O10. The van der Waals surface area contributed by atoms with E-state index in [1.165, 1.54) is 57.8 Å². The van der Waals surface area contributed by atoms with E-state index in [1.807, 2.05) is 0 Å². The standard InChI is InChI=1S/C37H59N3O10/c1-2-3-4-5-6-7-8-9-10-11-18-45-20-22-47-24-26-49-28-29-50-27-25-48-23-21-46-19-17-38-31-14-12-13-30-34(31)37(44)40(36(30)43)32-15-16-33(41)39-35(32)42/h12-14,32,38H,2-11,15-29H2,1H3,(H,39,41,42). The van der Waals surface area contributed by atoms with Crippen molar-refractivity contribution in [2.75, 3.05) is 91.1 Å². The lowest BCUT2D eigenvalue weighted by Gasteiger charge is -2.27. The van der Waals surface area contributed by atoms with Gasteiger partial charge in [0.15, 0.2) is 0 Å². The molecule has 1 aromatic rings. The number of carbonyl (C=O) groups excluding carboxylic acids is 4. The van der Waals surface area contributed by atoms with Crippen molar-refractivity contribution in [2.45, 2.75) is 90.0 Å². The van der Waals surface area contributed by atoms with Gasteiger partial charge in [-0.15, -0.1) is 0 Å². The Bertz CT molecular complexity index is 1150. The summed E-state index contributed by atoms with van der Waals surface area (Å²) in [5, 5.41) is 5.35. The van der Waals surface area contributed by atoms with Crippen molar-refractivity contribution in [2.24, 2.45) is 0 Å². The molecule has 0 aromatic heterocycles. The van der Waals surface area contributed by atoms with Crippen molar-refractivity contribution in [1.29, 1.82) is 0 Å². The highest BCUT2D eigenvalue weighted by molar-refractivity contribution is 6.25. The second-order valence-corrected chi connectivity index (χ2v) is 12.5. The van der Waals surface area contributed by atoms with Crippen molar-refractivity contribution in [3.63, 3.8) is 0 Å². The number of amides is 4. The quantitative estimate of drug-likeness (QED) is 0.0829. The number of imide groups is 2. The largest absolute Gasteiger partial charge is 0.382 e.